The van der Waals surface area contributed by atoms with Crippen molar-refractivity contribution in [2.45, 2.75) is 32.6 Å². The SMILES string of the molecule is CCOc1ccccc1CCC(=O)N1CCC(C(=O)c2ccccc2)CC1. The van der Waals surface area contributed by atoms with Crippen LogP contribution in [0.15, 0.2) is 54.6 Å². The first-order chi connectivity index (χ1) is 13.2. The Morgan fingerprint density at radius 3 is 2.37 bits per heavy atom. The van der Waals surface area contributed by atoms with Gasteiger partial charge in [-0.3, -0.25) is 9.59 Å². The van der Waals surface area contributed by atoms with Gasteiger partial charge in [0.05, 0.1) is 6.61 Å². The van der Waals surface area contributed by atoms with E-state index >= 15 is 0 Å². The van der Waals surface area contributed by atoms with Crippen molar-refractivity contribution in [2.24, 2.45) is 5.92 Å². The van der Waals surface area contributed by atoms with Crippen LogP contribution in [0, 0.1) is 5.92 Å². The quantitative estimate of drug-likeness (QED) is 0.693. The van der Waals surface area contributed by atoms with Crippen molar-refractivity contribution in [3.8, 4) is 5.75 Å². The predicted molar refractivity (Wildman–Crippen MR) is 106 cm³/mol. The Balaban J connectivity index is 1.50. The van der Waals surface area contributed by atoms with Gasteiger partial charge in [0, 0.05) is 31.0 Å². The lowest BCUT2D eigenvalue weighted by Crippen LogP contribution is -2.40. The molecule has 4 heteroatoms. The van der Waals surface area contributed by atoms with Gasteiger partial charge in [-0.05, 0) is 37.8 Å². The summed E-state index contributed by atoms with van der Waals surface area (Å²) < 4.78 is 5.63. The van der Waals surface area contributed by atoms with E-state index in [-0.39, 0.29) is 17.6 Å². The largest absolute Gasteiger partial charge is 0.494 e. The Kier molecular flexibility index (Phi) is 6.64. The Morgan fingerprint density at radius 2 is 1.67 bits per heavy atom. The van der Waals surface area contributed by atoms with Crippen molar-refractivity contribution in [2.75, 3.05) is 19.7 Å². The molecule has 0 N–H and O–H groups in total. The van der Waals surface area contributed by atoms with E-state index in [9.17, 15) is 9.59 Å². The number of nitrogens with zero attached hydrogens (tertiary/aromatic N) is 1. The van der Waals surface area contributed by atoms with Gasteiger partial charge in [0.25, 0.3) is 0 Å². The van der Waals surface area contributed by atoms with E-state index in [0.717, 1.165) is 29.7 Å². The lowest BCUT2D eigenvalue weighted by atomic mass is 9.89. The minimum Gasteiger partial charge on any atom is -0.494 e. The highest BCUT2D eigenvalue weighted by molar-refractivity contribution is 5.98. The zero-order valence-electron chi connectivity index (χ0n) is 15.9. The number of hydrogen-bond acceptors (Lipinski definition) is 3. The summed E-state index contributed by atoms with van der Waals surface area (Å²) >= 11 is 0. The van der Waals surface area contributed by atoms with E-state index in [2.05, 4.69) is 0 Å². The number of likely N-dealkylation sites (tertiary alicyclic amines) is 1. The third-order valence-electron chi connectivity index (χ3n) is 5.16. The monoisotopic (exact) mass is 365 g/mol. The van der Waals surface area contributed by atoms with Gasteiger partial charge in [-0.15, -0.1) is 0 Å². The van der Waals surface area contributed by atoms with Crippen molar-refractivity contribution in [1.82, 2.24) is 4.90 Å². The Labute approximate surface area is 161 Å². The van der Waals surface area contributed by atoms with Crippen LogP contribution < -0.4 is 4.74 Å². The smallest absolute Gasteiger partial charge is 0.222 e. The molecular formula is C23H27NO3. The van der Waals surface area contributed by atoms with Crippen LogP contribution in [0.4, 0.5) is 0 Å². The number of aryl methyl sites for hydroxylation is 1. The summed E-state index contributed by atoms with van der Waals surface area (Å²) in [6.07, 6.45) is 2.64. The number of carbonyl (C=O) groups is 2. The summed E-state index contributed by atoms with van der Waals surface area (Å²) in [7, 11) is 0. The van der Waals surface area contributed by atoms with Gasteiger partial charge in [-0.1, -0.05) is 48.5 Å². The average Bonchev–Trinajstić information content (AvgIpc) is 2.73. The maximum Gasteiger partial charge on any atom is 0.222 e. The molecule has 27 heavy (non-hydrogen) atoms. The first kappa shape index (κ1) is 19.2. The van der Waals surface area contributed by atoms with Gasteiger partial charge in [-0.2, -0.15) is 0 Å². The summed E-state index contributed by atoms with van der Waals surface area (Å²) in [5.41, 5.74) is 1.84. The Morgan fingerprint density at radius 1 is 1.00 bits per heavy atom. The number of carbonyl (C=O) groups excluding carboxylic acids is 2. The molecule has 0 radical (unpaired) electrons. The highest BCUT2D eigenvalue weighted by Crippen LogP contribution is 2.24. The van der Waals surface area contributed by atoms with Gasteiger partial charge in [0.15, 0.2) is 5.78 Å². The van der Waals surface area contributed by atoms with Crippen LogP contribution in [0.5, 0.6) is 5.75 Å². The minimum atomic E-state index is 0.0233. The zero-order chi connectivity index (χ0) is 19.1. The van der Waals surface area contributed by atoms with Crippen molar-refractivity contribution in [3.05, 3.63) is 65.7 Å². The van der Waals surface area contributed by atoms with Crippen molar-refractivity contribution < 1.29 is 14.3 Å². The fourth-order valence-corrected chi connectivity index (χ4v) is 3.64. The molecule has 0 spiro atoms. The van der Waals surface area contributed by atoms with Crippen LogP contribution >= 0.6 is 0 Å². The summed E-state index contributed by atoms with van der Waals surface area (Å²) in [5, 5.41) is 0. The first-order valence-electron chi connectivity index (χ1n) is 9.76. The summed E-state index contributed by atoms with van der Waals surface area (Å²) in [4.78, 5) is 27.1. The van der Waals surface area contributed by atoms with Gasteiger partial charge in [-0.25, -0.2) is 0 Å². The van der Waals surface area contributed by atoms with E-state index in [0.29, 0.717) is 32.5 Å². The van der Waals surface area contributed by atoms with Gasteiger partial charge < -0.3 is 9.64 Å². The first-order valence-corrected chi connectivity index (χ1v) is 9.76. The highest BCUT2D eigenvalue weighted by Gasteiger charge is 2.27. The van der Waals surface area contributed by atoms with Gasteiger partial charge in [0.2, 0.25) is 5.91 Å². The van der Waals surface area contributed by atoms with Crippen LogP contribution in [0.2, 0.25) is 0 Å². The number of Topliss-reactive ketones (excluding diaryl/α,β-unsaturated/α-hetero) is 1. The van der Waals surface area contributed by atoms with Crippen LogP contribution in [0.3, 0.4) is 0 Å². The summed E-state index contributed by atoms with van der Waals surface area (Å²) in [6, 6.07) is 17.3. The number of ketones is 1. The molecule has 0 atom stereocenters. The highest BCUT2D eigenvalue weighted by atomic mass is 16.5. The van der Waals surface area contributed by atoms with Crippen molar-refractivity contribution in [3.63, 3.8) is 0 Å². The molecule has 1 amide bonds. The van der Waals surface area contributed by atoms with Crippen molar-refractivity contribution >= 4 is 11.7 Å². The molecule has 1 saturated heterocycles. The lowest BCUT2D eigenvalue weighted by Gasteiger charge is -2.31. The number of piperidine rings is 1. The fraction of sp³-hybridized carbons (Fsp3) is 0.391. The molecule has 0 bridgehead atoms. The van der Waals surface area contributed by atoms with E-state index in [4.69, 9.17) is 4.74 Å². The molecule has 0 aromatic heterocycles. The topological polar surface area (TPSA) is 46.6 Å². The normalized spacial score (nSPS) is 14.8. The molecule has 142 valence electrons. The van der Waals surface area contributed by atoms with Crippen molar-refractivity contribution in [1.29, 1.82) is 0 Å². The molecule has 3 rings (SSSR count). The number of amides is 1. The fourth-order valence-electron chi connectivity index (χ4n) is 3.64. The molecule has 1 heterocycles. The van der Waals surface area contributed by atoms with Crippen LogP contribution in [-0.2, 0) is 11.2 Å². The molecule has 1 aliphatic heterocycles. The maximum absolute atomic E-state index is 12.6. The summed E-state index contributed by atoms with van der Waals surface area (Å²) in [5.74, 6) is 1.25. The molecule has 4 nitrogen and oxygen atoms in total. The number of rotatable bonds is 7. The third kappa shape index (κ3) is 4.97. The molecule has 1 fully saturated rings. The average molecular weight is 365 g/mol. The van der Waals surface area contributed by atoms with E-state index in [1.807, 2.05) is 66.4 Å². The number of para-hydroxylation sites is 1. The second-order valence-corrected chi connectivity index (χ2v) is 6.93. The molecule has 0 unspecified atom stereocenters. The molecule has 1 aliphatic rings. The number of ether oxygens (including phenoxy) is 1. The Bertz CT molecular complexity index is 764. The molecule has 2 aromatic rings. The van der Waals surface area contributed by atoms with Crippen LogP contribution in [-0.4, -0.2) is 36.3 Å². The second kappa shape index (κ2) is 9.36. The van der Waals surface area contributed by atoms with E-state index in [1.54, 1.807) is 0 Å². The molecule has 0 aliphatic carbocycles. The summed E-state index contributed by atoms with van der Waals surface area (Å²) in [6.45, 7) is 3.90. The predicted octanol–water partition coefficient (Wildman–Crippen LogP) is 4.14. The standard InChI is InChI=1S/C23H27NO3/c1-2-27-21-11-7-6-8-18(21)12-13-22(25)24-16-14-20(15-17-24)23(26)19-9-4-3-5-10-19/h3-11,20H,2,12-17H2,1H3. The molecule has 0 saturated carbocycles. The van der Waals surface area contributed by atoms with Gasteiger partial charge >= 0.3 is 0 Å². The second-order valence-electron chi connectivity index (χ2n) is 6.93. The lowest BCUT2D eigenvalue weighted by molar-refractivity contribution is -0.132. The van der Waals surface area contributed by atoms with E-state index in [1.165, 1.54) is 0 Å². The van der Waals surface area contributed by atoms with Crippen LogP contribution in [0.1, 0.15) is 42.1 Å². The number of benzene rings is 2. The van der Waals surface area contributed by atoms with Crippen LogP contribution in [0.25, 0.3) is 0 Å². The molecule has 2 aromatic carbocycles. The third-order valence-corrected chi connectivity index (χ3v) is 5.16. The Hall–Kier alpha value is -2.62. The van der Waals surface area contributed by atoms with E-state index < -0.39 is 0 Å². The maximum atomic E-state index is 12.6. The minimum absolute atomic E-state index is 0.0233. The zero-order valence-corrected chi connectivity index (χ0v) is 15.9. The van der Waals surface area contributed by atoms with Gasteiger partial charge in [0.1, 0.15) is 5.75 Å². The number of hydrogen-bond donors (Lipinski definition) is 0. The molecular weight excluding hydrogens is 338 g/mol.